The lowest BCUT2D eigenvalue weighted by molar-refractivity contribution is 0.244. The van der Waals surface area contributed by atoms with Crippen LogP contribution in [-0.2, 0) is 0 Å². The summed E-state index contributed by atoms with van der Waals surface area (Å²) in [6.07, 6.45) is 0. The third-order valence-electron chi connectivity index (χ3n) is 5.44. The van der Waals surface area contributed by atoms with Crippen molar-refractivity contribution in [1.82, 2.24) is 15.5 Å². The Kier molecular flexibility index (Phi) is 5.62. The number of carbonyl (C=O) groups excluding carboxylic acids is 1. The Morgan fingerprint density at radius 3 is 2.42 bits per heavy atom. The van der Waals surface area contributed by atoms with Crippen molar-refractivity contribution in [2.75, 3.05) is 4.90 Å². The fourth-order valence-electron chi connectivity index (χ4n) is 3.89. The summed E-state index contributed by atoms with van der Waals surface area (Å²) >= 11 is 12.2. The quantitative estimate of drug-likeness (QED) is 0.353. The van der Waals surface area contributed by atoms with Crippen LogP contribution in [0.4, 0.5) is 10.5 Å². The maximum atomic E-state index is 13.2. The van der Waals surface area contributed by atoms with E-state index in [0.717, 1.165) is 16.8 Å². The van der Waals surface area contributed by atoms with Crippen LogP contribution in [0.25, 0.3) is 17.0 Å². The number of halogens is 2. The average molecular weight is 477 g/mol. The molecular formula is C25H18Cl2N4O2. The molecule has 1 aliphatic heterocycles. The van der Waals surface area contributed by atoms with Gasteiger partial charge in [-0.05, 0) is 48.9 Å². The summed E-state index contributed by atoms with van der Waals surface area (Å²) in [6, 6.07) is 23.2. The second-order valence-corrected chi connectivity index (χ2v) is 8.41. The van der Waals surface area contributed by atoms with E-state index in [1.54, 1.807) is 29.2 Å². The lowest BCUT2D eigenvalue weighted by Gasteiger charge is -2.35. The molecular weight excluding hydrogens is 459 g/mol. The molecule has 0 aliphatic carbocycles. The molecule has 33 heavy (non-hydrogen) atoms. The molecule has 1 aliphatic rings. The standard InChI is InChI=1S/C25H18Cl2N4O2/c1-15-21(24-29-23(30-33-24)17-6-5-7-19(27)14-17)22(16-10-12-18(26)13-11-16)28-25(32)31(15)20-8-3-2-4-9-20/h2-14,22H,1H3,(H,28,32). The van der Waals surface area contributed by atoms with Crippen molar-refractivity contribution < 1.29 is 9.32 Å². The monoisotopic (exact) mass is 476 g/mol. The van der Waals surface area contributed by atoms with Gasteiger partial charge in [0, 0.05) is 21.3 Å². The summed E-state index contributed by atoms with van der Waals surface area (Å²) in [7, 11) is 0. The van der Waals surface area contributed by atoms with Crippen molar-refractivity contribution in [3.8, 4) is 11.4 Å². The molecule has 0 saturated carbocycles. The zero-order valence-electron chi connectivity index (χ0n) is 17.5. The molecule has 3 aromatic carbocycles. The SMILES string of the molecule is CC1=C(c2nc(-c3cccc(Cl)c3)no2)C(c2ccc(Cl)cc2)NC(=O)N1c1ccccc1. The fourth-order valence-corrected chi connectivity index (χ4v) is 4.21. The summed E-state index contributed by atoms with van der Waals surface area (Å²) in [4.78, 5) is 19.4. The Labute approximate surface area is 200 Å². The van der Waals surface area contributed by atoms with Gasteiger partial charge in [0.1, 0.15) is 0 Å². The summed E-state index contributed by atoms with van der Waals surface area (Å²) in [5.41, 5.74) is 3.69. The summed E-state index contributed by atoms with van der Waals surface area (Å²) < 4.78 is 5.70. The van der Waals surface area contributed by atoms with Gasteiger partial charge in [-0.2, -0.15) is 4.98 Å². The predicted octanol–water partition coefficient (Wildman–Crippen LogP) is 6.75. The van der Waals surface area contributed by atoms with Gasteiger partial charge in [-0.15, -0.1) is 0 Å². The van der Waals surface area contributed by atoms with Crippen molar-refractivity contribution in [3.63, 3.8) is 0 Å². The molecule has 0 saturated heterocycles. The van der Waals surface area contributed by atoms with Crippen LogP contribution in [0.15, 0.2) is 89.1 Å². The lowest BCUT2D eigenvalue weighted by atomic mass is 9.94. The lowest BCUT2D eigenvalue weighted by Crippen LogP contribution is -2.46. The number of para-hydroxylation sites is 1. The van der Waals surface area contributed by atoms with Gasteiger partial charge in [0.05, 0.1) is 17.3 Å². The molecule has 1 aromatic heterocycles. The molecule has 0 fully saturated rings. The van der Waals surface area contributed by atoms with Crippen LogP contribution in [0.1, 0.15) is 24.4 Å². The van der Waals surface area contributed by atoms with E-state index in [2.05, 4.69) is 15.5 Å². The van der Waals surface area contributed by atoms with E-state index < -0.39 is 6.04 Å². The molecule has 4 aromatic rings. The zero-order valence-corrected chi connectivity index (χ0v) is 19.0. The molecule has 5 rings (SSSR count). The predicted molar refractivity (Wildman–Crippen MR) is 129 cm³/mol. The Balaban J connectivity index is 1.65. The van der Waals surface area contributed by atoms with Gasteiger partial charge in [-0.25, -0.2) is 4.79 Å². The maximum absolute atomic E-state index is 13.2. The summed E-state index contributed by atoms with van der Waals surface area (Å²) in [5.74, 6) is 0.717. The van der Waals surface area contributed by atoms with Gasteiger partial charge in [-0.1, -0.05) is 70.8 Å². The van der Waals surface area contributed by atoms with E-state index in [0.29, 0.717) is 33.0 Å². The van der Waals surface area contributed by atoms with Crippen molar-refractivity contribution in [3.05, 3.63) is 106 Å². The van der Waals surface area contributed by atoms with E-state index in [4.69, 9.17) is 27.7 Å². The number of hydrogen-bond donors (Lipinski definition) is 1. The number of amides is 2. The Hall–Kier alpha value is -3.61. The second kappa shape index (κ2) is 8.73. The highest BCUT2D eigenvalue weighted by Gasteiger charge is 2.36. The first-order valence-electron chi connectivity index (χ1n) is 10.2. The number of anilines is 1. The largest absolute Gasteiger partial charge is 0.334 e. The molecule has 164 valence electrons. The van der Waals surface area contributed by atoms with Gasteiger partial charge < -0.3 is 9.84 Å². The minimum Gasteiger partial charge on any atom is -0.334 e. The smallest absolute Gasteiger partial charge is 0.326 e. The number of urea groups is 1. The minimum atomic E-state index is -0.498. The number of nitrogens with zero attached hydrogens (tertiary/aromatic N) is 3. The van der Waals surface area contributed by atoms with E-state index in [1.165, 1.54) is 0 Å². The van der Waals surface area contributed by atoms with Gasteiger partial charge >= 0.3 is 6.03 Å². The highest BCUT2D eigenvalue weighted by molar-refractivity contribution is 6.31. The fraction of sp³-hybridized carbons (Fsp3) is 0.0800. The van der Waals surface area contributed by atoms with Crippen molar-refractivity contribution in [2.24, 2.45) is 0 Å². The first kappa shape index (κ1) is 21.2. The number of rotatable bonds is 4. The third-order valence-corrected chi connectivity index (χ3v) is 5.93. The zero-order chi connectivity index (χ0) is 22.9. The number of hydrogen-bond acceptors (Lipinski definition) is 4. The molecule has 2 amide bonds. The topological polar surface area (TPSA) is 71.3 Å². The molecule has 1 N–H and O–H groups in total. The van der Waals surface area contributed by atoms with Crippen molar-refractivity contribution >= 4 is 40.5 Å². The first-order chi connectivity index (χ1) is 16.0. The molecule has 1 atom stereocenters. The Bertz CT molecular complexity index is 1350. The average Bonchev–Trinajstić information content (AvgIpc) is 3.30. The van der Waals surface area contributed by atoms with Crippen LogP contribution in [0.2, 0.25) is 10.0 Å². The van der Waals surface area contributed by atoms with Crippen molar-refractivity contribution in [2.45, 2.75) is 13.0 Å². The van der Waals surface area contributed by atoms with Gasteiger partial charge in [-0.3, -0.25) is 4.90 Å². The third kappa shape index (κ3) is 4.11. The number of carbonyl (C=O) groups is 1. The molecule has 0 spiro atoms. The Morgan fingerprint density at radius 2 is 1.70 bits per heavy atom. The van der Waals surface area contributed by atoms with Crippen LogP contribution in [-0.4, -0.2) is 16.2 Å². The number of nitrogens with one attached hydrogen (secondary N) is 1. The molecule has 0 bridgehead atoms. The molecule has 6 nitrogen and oxygen atoms in total. The number of benzene rings is 3. The molecule has 2 heterocycles. The summed E-state index contributed by atoms with van der Waals surface area (Å²) in [6.45, 7) is 1.87. The van der Waals surface area contributed by atoms with Crippen LogP contribution >= 0.6 is 23.2 Å². The van der Waals surface area contributed by atoms with Crippen LogP contribution in [0.3, 0.4) is 0 Å². The minimum absolute atomic E-state index is 0.253. The number of allylic oxidation sites excluding steroid dienone is 1. The Morgan fingerprint density at radius 1 is 0.939 bits per heavy atom. The van der Waals surface area contributed by atoms with Gasteiger partial charge in [0.2, 0.25) is 5.82 Å². The van der Waals surface area contributed by atoms with Crippen molar-refractivity contribution in [1.29, 1.82) is 0 Å². The van der Waals surface area contributed by atoms with Crippen LogP contribution < -0.4 is 10.2 Å². The van der Waals surface area contributed by atoms with Crippen LogP contribution in [0.5, 0.6) is 0 Å². The van der Waals surface area contributed by atoms with E-state index in [1.807, 2.05) is 61.5 Å². The highest BCUT2D eigenvalue weighted by atomic mass is 35.5. The van der Waals surface area contributed by atoms with E-state index in [-0.39, 0.29) is 6.03 Å². The number of aromatic nitrogens is 2. The highest BCUT2D eigenvalue weighted by Crippen LogP contribution is 2.39. The second-order valence-electron chi connectivity index (χ2n) is 7.54. The summed E-state index contributed by atoms with van der Waals surface area (Å²) in [5, 5.41) is 8.42. The van der Waals surface area contributed by atoms with Gasteiger partial charge in [0.25, 0.3) is 5.89 Å². The van der Waals surface area contributed by atoms with E-state index >= 15 is 0 Å². The van der Waals surface area contributed by atoms with E-state index in [9.17, 15) is 4.79 Å². The van der Waals surface area contributed by atoms with Crippen LogP contribution in [0, 0.1) is 0 Å². The molecule has 0 radical (unpaired) electrons. The molecule has 8 heteroatoms. The molecule has 1 unspecified atom stereocenters. The maximum Gasteiger partial charge on any atom is 0.326 e. The van der Waals surface area contributed by atoms with Gasteiger partial charge in [0.15, 0.2) is 0 Å². The first-order valence-corrected chi connectivity index (χ1v) is 11.0. The normalized spacial score (nSPS) is 16.2.